The Kier molecular flexibility index (Phi) is 6.51. The number of nitrogens with one attached hydrogen (secondary N) is 2. The summed E-state index contributed by atoms with van der Waals surface area (Å²) < 4.78 is 13.2. The van der Waals surface area contributed by atoms with E-state index in [1.807, 2.05) is 25.1 Å². The van der Waals surface area contributed by atoms with E-state index in [0.717, 1.165) is 30.3 Å². The van der Waals surface area contributed by atoms with Crippen molar-refractivity contribution in [3.63, 3.8) is 0 Å². The number of anilines is 1. The Morgan fingerprint density at radius 1 is 1.22 bits per heavy atom. The zero-order valence-electron chi connectivity index (χ0n) is 16.3. The molecule has 3 rings (SSSR count). The van der Waals surface area contributed by atoms with Crippen LogP contribution in [0.1, 0.15) is 37.8 Å². The number of ether oxygens (including phenoxy) is 2. The fraction of sp³-hybridized carbons (Fsp3) is 0.526. The summed E-state index contributed by atoms with van der Waals surface area (Å²) in [6.45, 7) is 4.08. The van der Waals surface area contributed by atoms with Crippen molar-refractivity contribution in [3.05, 3.63) is 29.8 Å². The van der Waals surface area contributed by atoms with Gasteiger partial charge in [-0.2, -0.15) is 0 Å². The molecule has 0 radical (unpaired) electrons. The molecule has 0 saturated carbocycles. The Hall–Kier alpha value is -2.77. The van der Waals surface area contributed by atoms with Crippen LogP contribution in [0.5, 0.6) is 11.5 Å². The summed E-state index contributed by atoms with van der Waals surface area (Å²) in [6.07, 6.45) is 4.62. The molecule has 0 unspecified atom stereocenters. The lowest BCUT2D eigenvalue weighted by Crippen LogP contribution is -2.31. The maximum atomic E-state index is 5.63. The molecule has 2 heterocycles. The van der Waals surface area contributed by atoms with Gasteiger partial charge in [-0.05, 0) is 31.9 Å². The van der Waals surface area contributed by atoms with E-state index < -0.39 is 0 Å². The number of guanidine groups is 1. The number of fused-ring (bicyclic) bond motifs is 1. The van der Waals surface area contributed by atoms with Crippen LogP contribution in [0, 0.1) is 0 Å². The highest BCUT2D eigenvalue weighted by Gasteiger charge is 2.15. The average molecular weight is 372 g/mol. The van der Waals surface area contributed by atoms with E-state index in [9.17, 15) is 0 Å². The van der Waals surface area contributed by atoms with Crippen molar-refractivity contribution in [3.8, 4) is 11.5 Å². The number of hydrogen-bond donors (Lipinski definition) is 2. The van der Waals surface area contributed by atoms with Crippen LogP contribution < -0.4 is 20.1 Å². The van der Waals surface area contributed by atoms with E-state index in [2.05, 4.69) is 30.4 Å². The molecule has 2 N–H and O–H groups in total. The molecule has 1 aliphatic heterocycles. The molecule has 0 atom stereocenters. The van der Waals surface area contributed by atoms with Gasteiger partial charge in [-0.1, -0.05) is 6.42 Å². The molecule has 0 amide bonds. The van der Waals surface area contributed by atoms with Crippen LogP contribution in [0.2, 0.25) is 0 Å². The maximum absolute atomic E-state index is 5.63. The van der Waals surface area contributed by atoms with Gasteiger partial charge < -0.3 is 24.7 Å². The van der Waals surface area contributed by atoms with Crippen molar-refractivity contribution in [1.29, 1.82) is 0 Å². The molecular weight excluding hydrogens is 344 g/mol. The minimum Gasteiger partial charge on any atom is -0.493 e. The molecule has 0 aliphatic carbocycles. The van der Waals surface area contributed by atoms with Crippen molar-refractivity contribution in [1.82, 2.24) is 20.1 Å². The maximum Gasteiger partial charge on any atom is 0.195 e. The molecule has 8 heteroatoms. The summed E-state index contributed by atoms with van der Waals surface area (Å²) in [5.41, 5.74) is 0.868. The minimum absolute atomic E-state index is 0.571. The second-order valence-corrected chi connectivity index (χ2v) is 6.34. The largest absolute Gasteiger partial charge is 0.493 e. The summed E-state index contributed by atoms with van der Waals surface area (Å²) in [7, 11) is 3.37. The molecule has 0 spiro atoms. The lowest BCUT2D eigenvalue weighted by molar-refractivity contribution is 0.311. The predicted molar refractivity (Wildman–Crippen MR) is 106 cm³/mol. The van der Waals surface area contributed by atoms with Gasteiger partial charge in [-0.15, -0.1) is 10.2 Å². The third-order valence-electron chi connectivity index (χ3n) is 4.55. The number of hydrogen-bond acceptors (Lipinski definition) is 5. The molecule has 2 aromatic rings. The molecule has 0 bridgehead atoms. The number of aromatic nitrogens is 3. The molecule has 8 nitrogen and oxygen atoms in total. The quantitative estimate of drug-likeness (QED) is 0.599. The van der Waals surface area contributed by atoms with Crippen LogP contribution in [-0.2, 0) is 19.5 Å². The van der Waals surface area contributed by atoms with Gasteiger partial charge in [0.25, 0.3) is 0 Å². The van der Waals surface area contributed by atoms with Crippen molar-refractivity contribution in [2.45, 2.75) is 45.7 Å². The molecule has 146 valence electrons. The van der Waals surface area contributed by atoms with Gasteiger partial charge >= 0.3 is 0 Å². The average Bonchev–Trinajstić information content (AvgIpc) is 2.92. The SMILES string of the molecule is CCOc1cc(NC(=NC)NCc2nnc3n2CCCCC3)ccc1OC. The fourth-order valence-corrected chi connectivity index (χ4v) is 3.18. The van der Waals surface area contributed by atoms with Crippen molar-refractivity contribution >= 4 is 11.6 Å². The first kappa shape index (κ1) is 19.0. The number of aliphatic imine (C=N–C) groups is 1. The van der Waals surface area contributed by atoms with E-state index in [0.29, 0.717) is 30.6 Å². The van der Waals surface area contributed by atoms with Gasteiger partial charge in [-0.3, -0.25) is 4.99 Å². The normalized spacial score (nSPS) is 14.3. The number of nitrogens with zero attached hydrogens (tertiary/aromatic N) is 4. The summed E-state index contributed by atoms with van der Waals surface area (Å²) >= 11 is 0. The Balaban J connectivity index is 1.65. The lowest BCUT2D eigenvalue weighted by Gasteiger charge is -2.15. The van der Waals surface area contributed by atoms with Gasteiger partial charge in [0, 0.05) is 31.8 Å². The van der Waals surface area contributed by atoms with E-state index >= 15 is 0 Å². The Bertz CT molecular complexity index is 787. The lowest BCUT2D eigenvalue weighted by atomic mass is 10.2. The first-order valence-corrected chi connectivity index (χ1v) is 9.44. The molecular formula is C19H28N6O2. The highest BCUT2D eigenvalue weighted by atomic mass is 16.5. The molecule has 1 aliphatic rings. The monoisotopic (exact) mass is 372 g/mol. The molecule has 1 aromatic carbocycles. The number of methoxy groups -OCH3 is 1. The van der Waals surface area contributed by atoms with Crippen LogP contribution in [0.25, 0.3) is 0 Å². The second-order valence-electron chi connectivity index (χ2n) is 6.34. The van der Waals surface area contributed by atoms with Gasteiger partial charge in [-0.25, -0.2) is 0 Å². The van der Waals surface area contributed by atoms with Crippen LogP contribution in [0.4, 0.5) is 5.69 Å². The minimum atomic E-state index is 0.571. The second kappa shape index (κ2) is 9.25. The highest BCUT2D eigenvalue weighted by Crippen LogP contribution is 2.30. The number of benzene rings is 1. The number of aryl methyl sites for hydroxylation is 1. The van der Waals surface area contributed by atoms with Crippen molar-refractivity contribution in [2.24, 2.45) is 4.99 Å². The van der Waals surface area contributed by atoms with Gasteiger partial charge in [0.2, 0.25) is 0 Å². The molecule has 0 saturated heterocycles. The van der Waals surface area contributed by atoms with Crippen molar-refractivity contribution in [2.75, 3.05) is 26.1 Å². The van der Waals surface area contributed by atoms with Crippen LogP contribution >= 0.6 is 0 Å². The fourth-order valence-electron chi connectivity index (χ4n) is 3.18. The van der Waals surface area contributed by atoms with Gasteiger partial charge in [0.05, 0.1) is 20.3 Å². The molecule has 1 aromatic heterocycles. The third-order valence-corrected chi connectivity index (χ3v) is 4.55. The number of rotatable bonds is 6. The molecule has 0 fully saturated rings. The topological polar surface area (TPSA) is 85.6 Å². The van der Waals surface area contributed by atoms with Crippen LogP contribution in [0.3, 0.4) is 0 Å². The zero-order valence-corrected chi connectivity index (χ0v) is 16.3. The van der Waals surface area contributed by atoms with Gasteiger partial charge in [0.15, 0.2) is 23.3 Å². The van der Waals surface area contributed by atoms with E-state index in [1.165, 1.54) is 19.3 Å². The van der Waals surface area contributed by atoms with Crippen molar-refractivity contribution < 1.29 is 9.47 Å². The van der Waals surface area contributed by atoms with E-state index in [4.69, 9.17) is 9.47 Å². The van der Waals surface area contributed by atoms with Crippen LogP contribution in [0.15, 0.2) is 23.2 Å². The van der Waals surface area contributed by atoms with E-state index in [1.54, 1.807) is 14.2 Å². The summed E-state index contributed by atoms with van der Waals surface area (Å²) in [4.78, 5) is 4.30. The summed E-state index contributed by atoms with van der Waals surface area (Å²) in [6, 6.07) is 5.70. The first-order chi connectivity index (χ1) is 13.2. The standard InChI is InChI=1S/C19H28N6O2/c1-4-27-16-12-14(9-10-15(16)26-3)22-19(20-2)21-13-18-24-23-17-8-6-5-7-11-25(17)18/h9-10,12H,4-8,11,13H2,1-3H3,(H2,20,21,22). The molecule has 27 heavy (non-hydrogen) atoms. The Morgan fingerprint density at radius 3 is 2.89 bits per heavy atom. The van der Waals surface area contributed by atoms with Crippen LogP contribution in [-0.4, -0.2) is 41.5 Å². The third kappa shape index (κ3) is 4.69. The highest BCUT2D eigenvalue weighted by molar-refractivity contribution is 5.93. The van der Waals surface area contributed by atoms with Gasteiger partial charge in [0.1, 0.15) is 5.82 Å². The Labute approximate surface area is 160 Å². The Morgan fingerprint density at radius 2 is 2.11 bits per heavy atom. The predicted octanol–water partition coefficient (Wildman–Crippen LogP) is 2.60. The summed E-state index contributed by atoms with van der Waals surface area (Å²) in [5.74, 6) is 4.09. The first-order valence-electron chi connectivity index (χ1n) is 9.44. The smallest absolute Gasteiger partial charge is 0.195 e. The summed E-state index contributed by atoms with van der Waals surface area (Å²) in [5, 5.41) is 15.3. The zero-order chi connectivity index (χ0) is 19.1. The van der Waals surface area contributed by atoms with E-state index in [-0.39, 0.29) is 0 Å².